The van der Waals surface area contributed by atoms with Crippen LogP contribution >= 0.6 is 15.6 Å². The molecule has 0 aromatic heterocycles. The molecule has 16 nitrogen and oxygen atoms in total. The Kier molecular flexibility index (Phi) is 94.0. The highest BCUT2D eigenvalue weighted by atomic mass is 31.2. The number of phosphoric ester groups is 2. The van der Waals surface area contributed by atoms with Crippen LogP contribution in [0.5, 0.6) is 0 Å². The standard InChI is InChI=1S/C107H184O16P2/c1-4-7-10-13-16-19-22-25-28-31-34-37-40-43-45-47-49-50-52-54-55-58-60-63-66-69-72-75-78-81-84-87-90-93-105(110)117-96-102(108)97-119-124(113,114)120-98-103(109)99-121-125(115,116)122-101-104(123-107(112)95-92-89-86-83-80-77-74-71-68-65-62-57-42-39-36-33-30-27-24-21-18-15-12-9-6-3)100-118-106(111)94-91-88-85-82-79-76-73-70-67-64-61-59-56-53-51-48-46-44-41-38-35-32-29-26-23-20-17-14-11-8-5-2/h7,10,16-21,25-30,34-39,43-46,49-50,57,62,102-104,108-109H,4-6,8-9,11-15,22-24,31-33,40-42,47-48,51-56,58-61,63-101H2,1-3H3,(H,113,114)(H,115,116)/b10-7-,19-16-,20-17-,21-18-,28-25-,29-26-,30-27-,37-34-,38-35-,39-36-,45-43-,46-44-,50-49-,62-57-. The Hall–Kier alpha value is -5.09. The quantitative estimate of drug-likeness (QED) is 0.0146. The Bertz CT molecular complexity index is 2950. The van der Waals surface area contributed by atoms with E-state index in [1.165, 1.54) is 218 Å². The molecule has 125 heavy (non-hydrogen) atoms. The maximum atomic E-state index is 13.1. The molecule has 0 saturated heterocycles. The average Bonchev–Trinajstić information content (AvgIpc) is 0.902. The predicted molar refractivity (Wildman–Crippen MR) is 528 cm³/mol. The van der Waals surface area contributed by atoms with Crippen LogP contribution in [0.3, 0.4) is 0 Å². The maximum absolute atomic E-state index is 13.1. The zero-order valence-electron chi connectivity index (χ0n) is 79.5. The van der Waals surface area contributed by atoms with Crippen molar-refractivity contribution in [2.45, 2.75) is 450 Å². The summed E-state index contributed by atoms with van der Waals surface area (Å²) in [4.78, 5) is 59.2. The first-order valence-corrected chi connectivity index (χ1v) is 53.4. The topological polar surface area (TPSA) is 231 Å². The van der Waals surface area contributed by atoms with Gasteiger partial charge in [-0.25, -0.2) is 9.13 Å². The van der Waals surface area contributed by atoms with Gasteiger partial charge in [0.25, 0.3) is 0 Å². The fraction of sp³-hybridized carbons (Fsp3) is 0.710. The van der Waals surface area contributed by atoms with E-state index in [2.05, 4.69) is 191 Å². The van der Waals surface area contributed by atoms with Gasteiger partial charge in [-0.3, -0.25) is 32.5 Å². The molecular weight excluding hydrogens is 1600 g/mol. The summed E-state index contributed by atoms with van der Waals surface area (Å²) in [5.74, 6) is -1.57. The average molecular weight is 1790 g/mol. The molecule has 0 aromatic carbocycles. The molecule has 5 atom stereocenters. The van der Waals surface area contributed by atoms with Crippen LogP contribution in [0.25, 0.3) is 0 Å². The van der Waals surface area contributed by atoms with Crippen LogP contribution in [0.15, 0.2) is 170 Å². The highest BCUT2D eigenvalue weighted by Crippen LogP contribution is 2.45. The third-order valence-corrected chi connectivity index (χ3v) is 23.3. The molecule has 0 aliphatic rings. The van der Waals surface area contributed by atoms with Crippen molar-refractivity contribution in [2.75, 3.05) is 39.6 Å². The number of carbonyl (C=O) groups is 3. The summed E-state index contributed by atoms with van der Waals surface area (Å²) in [6.07, 6.45) is 128. The van der Waals surface area contributed by atoms with Crippen molar-refractivity contribution in [1.82, 2.24) is 0 Å². The summed E-state index contributed by atoms with van der Waals surface area (Å²) in [5, 5.41) is 20.8. The van der Waals surface area contributed by atoms with E-state index in [1.54, 1.807) is 0 Å². The molecule has 0 aromatic rings. The van der Waals surface area contributed by atoms with E-state index < -0.39 is 91.5 Å². The first-order chi connectivity index (χ1) is 61.2. The molecule has 0 bridgehead atoms. The van der Waals surface area contributed by atoms with Crippen molar-refractivity contribution < 1.29 is 75.8 Å². The molecule has 0 spiro atoms. The van der Waals surface area contributed by atoms with E-state index in [-0.39, 0.29) is 19.3 Å². The molecule has 0 fully saturated rings. The van der Waals surface area contributed by atoms with Gasteiger partial charge < -0.3 is 34.2 Å². The molecule has 0 saturated carbocycles. The number of aliphatic hydroxyl groups is 2. The van der Waals surface area contributed by atoms with Crippen molar-refractivity contribution in [1.29, 1.82) is 0 Å². The third kappa shape index (κ3) is 99.3. The largest absolute Gasteiger partial charge is 0.472 e. The van der Waals surface area contributed by atoms with Gasteiger partial charge in [0.05, 0.1) is 26.4 Å². The molecule has 0 amide bonds. The van der Waals surface area contributed by atoms with Gasteiger partial charge in [0.2, 0.25) is 0 Å². The lowest BCUT2D eigenvalue weighted by atomic mass is 10.0. The summed E-state index contributed by atoms with van der Waals surface area (Å²) < 4.78 is 61.7. The van der Waals surface area contributed by atoms with Crippen molar-refractivity contribution in [3.05, 3.63) is 170 Å². The number of carbonyl (C=O) groups excluding carboxylic acids is 3. The van der Waals surface area contributed by atoms with E-state index in [4.69, 9.17) is 32.3 Å². The number of rotatable bonds is 95. The first kappa shape index (κ1) is 120. The Labute approximate surface area is 764 Å². The molecule has 0 rings (SSSR count). The predicted octanol–water partition coefficient (Wildman–Crippen LogP) is 31.8. The fourth-order valence-corrected chi connectivity index (χ4v) is 15.4. The second-order valence-electron chi connectivity index (χ2n) is 33.5. The minimum Gasteiger partial charge on any atom is -0.463 e. The van der Waals surface area contributed by atoms with Crippen molar-refractivity contribution in [2.24, 2.45) is 0 Å². The van der Waals surface area contributed by atoms with Gasteiger partial charge in [0, 0.05) is 19.3 Å². The molecular formula is C107H184O16P2. The Morgan fingerprint density at radius 3 is 0.672 bits per heavy atom. The third-order valence-electron chi connectivity index (χ3n) is 21.4. The monoisotopic (exact) mass is 1790 g/mol. The van der Waals surface area contributed by atoms with E-state index in [9.17, 15) is 43.5 Å². The zero-order chi connectivity index (χ0) is 90.7. The van der Waals surface area contributed by atoms with Crippen molar-refractivity contribution in [3.63, 3.8) is 0 Å². The van der Waals surface area contributed by atoms with Crippen LogP contribution < -0.4 is 0 Å². The number of hydrogen-bond acceptors (Lipinski definition) is 14. The van der Waals surface area contributed by atoms with Crippen LogP contribution in [-0.2, 0) is 55.8 Å². The normalized spacial score (nSPS) is 14.4. The van der Waals surface area contributed by atoms with Gasteiger partial charge in [0.15, 0.2) is 6.10 Å². The number of hydrogen-bond donors (Lipinski definition) is 4. The number of unbranched alkanes of at least 4 members (excludes halogenated alkanes) is 44. The Balaban J connectivity index is 4.60. The summed E-state index contributed by atoms with van der Waals surface area (Å²) in [6, 6.07) is 0. The molecule has 18 heteroatoms. The minimum absolute atomic E-state index is 0.0951. The van der Waals surface area contributed by atoms with Crippen molar-refractivity contribution >= 4 is 33.6 Å². The number of aliphatic hydroxyl groups excluding tert-OH is 2. The number of ether oxygens (including phenoxy) is 3. The summed E-state index contributed by atoms with van der Waals surface area (Å²) in [5.41, 5.74) is 0. The van der Waals surface area contributed by atoms with E-state index >= 15 is 0 Å². The summed E-state index contributed by atoms with van der Waals surface area (Å²) in [6.45, 7) is 2.57. The molecule has 5 unspecified atom stereocenters. The Morgan fingerprint density at radius 1 is 0.232 bits per heavy atom. The number of esters is 3. The van der Waals surface area contributed by atoms with Crippen LogP contribution in [0.2, 0.25) is 0 Å². The molecule has 0 aliphatic carbocycles. The lowest BCUT2D eigenvalue weighted by molar-refractivity contribution is -0.161. The number of allylic oxidation sites excluding steroid dienone is 28. The highest BCUT2D eigenvalue weighted by Gasteiger charge is 2.30. The van der Waals surface area contributed by atoms with Crippen molar-refractivity contribution in [3.8, 4) is 0 Å². The van der Waals surface area contributed by atoms with Gasteiger partial charge in [0.1, 0.15) is 25.4 Å². The maximum Gasteiger partial charge on any atom is 0.472 e. The molecule has 0 radical (unpaired) electrons. The first-order valence-electron chi connectivity index (χ1n) is 50.4. The second-order valence-corrected chi connectivity index (χ2v) is 36.5. The summed E-state index contributed by atoms with van der Waals surface area (Å²) >= 11 is 0. The van der Waals surface area contributed by atoms with Gasteiger partial charge >= 0.3 is 33.6 Å². The van der Waals surface area contributed by atoms with Gasteiger partial charge in [-0.05, 0) is 161 Å². The molecule has 4 N–H and O–H groups in total. The zero-order valence-corrected chi connectivity index (χ0v) is 81.3. The lowest BCUT2D eigenvalue weighted by Crippen LogP contribution is -2.30. The van der Waals surface area contributed by atoms with Gasteiger partial charge in [-0.15, -0.1) is 0 Å². The molecule has 718 valence electrons. The summed E-state index contributed by atoms with van der Waals surface area (Å²) in [7, 11) is -9.82. The Morgan fingerprint density at radius 2 is 0.424 bits per heavy atom. The smallest absolute Gasteiger partial charge is 0.463 e. The van der Waals surface area contributed by atoms with E-state index in [0.717, 1.165) is 154 Å². The van der Waals surface area contributed by atoms with Gasteiger partial charge in [-0.2, -0.15) is 0 Å². The van der Waals surface area contributed by atoms with E-state index in [0.29, 0.717) is 19.3 Å². The van der Waals surface area contributed by atoms with Crippen LogP contribution in [0.4, 0.5) is 0 Å². The molecule has 0 aliphatic heterocycles. The highest BCUT2D eigenvalue weighted by molar-refractivity contribution is 7.47. The second kappa shape index (κ2) is 98.0. The van der Waals surface area contributed by atoms with Gasteiger partial charge in [-0.1, -0.05) is 422 Å². The lowest BCUT2D eigenvalue weighted by Gasteiger charge is -2.21. The van der Waals surface area contributed by atoms with Crippen LogP contribution in [0, 0.1) is 0 Å². The van der Waals surface area contributed by atoms with E-state index in [1.807, 2.05) is 0 Å². The van der Waals surface area contributed by atoms with Crippen LogP contribution in [-0.4, -0.2) is 95.9 Å². The van der Waals surface area contributed by atoms with Crippen LogP contribution in [0.1, 0.15) is 432 Å². The molecule has 0 heterocycles. The number of phosphoric acid groups is 2. The SMILES string of the molecule is CC/C=C\C/C=C\C/C=C\C/C=C\C/C=C\C/C=C\CCCCCCCCCCCCCCCCC(=O)OCC(O)COP(=O)(O)OCC(O)COP(=O)(O)OCC(COC(=O)CCCCCCCCCCCCCCCCC/C=C\C/C=C\C/C=C\C/C=C\CCCCC)OC(=O)CCCCCCCCCCC/C=C\C/C=C\C/C=C\C/C=C\CCCCC. The fourth-order valence-electron chi connectivity index (χ4n) is 13.8. The minimum atomic E-state index is -4.95.